The summed E-state index contributed by atoms with van der Waals surface area (Å²) in [6.45, 7) is 7.91. The van der Waals surface area contributed by atoms with Crippen LogP contribution in [-0.4, -0.2) is 27.8 Å². The Balaban J connectivity index is 0.00000242. The van der Waals surface area contributed by atoms with Crippen LogP contribution in [0.5, 0.6) is 0 Å². The van der Waals surface area contributed by atoms with Gasteiger partial charge in [-0.2, -0.15) is 5.10 Å². The molecule has 2 rings (SSSR count). The Morgan fingerprint density at radius 2 is 1.86 bits per heavy atom. The van der Waals surface area contributed by atoms with E-state index in [0.29, 0.717) is 17.8 Å². The van der Waals surface area contributed by atoms with Crippen LogP contribution in [0.4, 0.5) is 0 Å². The first-order valence-electron chi connectivity index (χ1n) is 6.98. The molecule has 6 heteroatoms. The monoisotopic (exact) mass is 322 g/mol. The summed E-state index contributed by atoms with van der Waals surface area (Å²) in [5.41, 5.74) is 8.55. The number of nitrogens with zero attached hydrogens (tertiary/aromatic N) is 2. The lowest BCUT2D eigenvalue weighted by Gasteiger charge is -2.18. The molecule has 0 radical (unpaired) electrons. The molecule has 0 spiro atoms. The van der Waals surface area contributed by atoms with Gasteiger partial charge in [0.05, 0.1) is 22.6 Å². The number of nitrogens with two attached hydrogens (primary N) is 1. The van der Waals surface area contributed by atoms with Crippen molar-refractivity contribution in [2.45, 2.75) is 33.2 Å². The van der Waals surface area contributed by atoms with Gasteiger partial charge in [-0.05, 0) is 39.8 Å². The maximum Gasteiger partial charge on any atom is 0.255 e. The highest BCUT2D eigenvalue weighted by Crippen LogP contribution is 2.17. The summed E-state index contributed by atoms with van der Waals surface area (Å²) >= 11 is 0. The highest BCUT2D eigenvalue weighted by atomic mass is 35.5. The summed E-state index contributed by atoms with van der Waals surface area (Å²) in [7, 11) is 0. The van der Waals surface area contributed by atoms with Gasteiger partial charge in [-0.3, -0.25) is 4.79 Å². The molecule has 0 saturated heterocycles. The Bertz CT molecular complexity index is 644. The Morgan fingerprint density at radius 3 is 2.41 bits per heavy atom. The van der Waals surface area contributed by atoms with E-state index in [9.17, 15) is 4.79 Å². The first-order valence-corrected chi connectivity index (χ1v) is 6.98. The number of carbonyl (C=O) groups excluding carboxylic acids is 1. The highest BCUT2D eigenvalue weighted by Gasteiger charge is 2.21. The molecule has 0 atom stereocenters. The maximum atomic E-state index is 12.4. The average Bonchev–Trinajstić information content (AvgIpc) is 2.72. The van der Waals surface area contributed by atoms with Crippen molar-refractivity contribution in [2.75, 3.05) is 6.54 Å². The molecule has 120 valence electrons. The lowest BCUT2D eigenvalue weighted by molar-refractivity contribution is 0.0945. The van der Waals surface area contributed by atoms with Crippen molar-refractivity contribution in [3.05, 3.63) is 47.3 Å². The molecule has 3 N–H and O–H groups in total. The number of aromatic nitrogens is 2. The van der Waals surface area contributed by atoms with Crippen molar-refractivity contribution in [1.29, 1.82) is 0 Å². The van der Waals surface area contributed by atoms with E-state index in [2.05, 4.69) is 10.4 Å². The normalized spacial score (nSPS) is 11.0. The van der Waals surface area contributed by atoms with Crippen molar-refractivity contribution in [2.24, 2.45) is 5.73 Å². The van der Waals surface area contributed by atoms with Gasteiger partial charge in [0.25, 0.3) is 5.91 Å². The van der Waals surface area contributed by atoms with Gasteiger partial charge < -0.3 is 11.1 Å². The van der Waals surface area contributed by atoms with Crippen molar-refractivity contribution < 1.29 is 4.79 Å². The van der Waals surface area contributed by atoms with E-state index in [1.54, 1.807) is 4.68 Å². The number of rotatable bonds is 4. The van der Waals surface area contributed by atoms with E-state index in [-0.39, 0.29) is 18.3 Å². The molecule has 0 aliphatic rings. The lowest BCUT2D eigenvalue weighted by Crippen LogP contribution is -2.45. The molecule has 0 bridgehead atoms. The SMILES string of the molecule is Cc1nn(-c2ccccc2)c(C)c1C(=O)NCC(C)(C)N.Cl. The summed E-state index contributed by atoms with van der Waals surface area (Å²) in [6, 6.07) is 9.77. The summed E-state index contributed by atoms with van der Waals surface area (Å²) in [4.78, 5) is 12.4. The fraction of sp³-hybridized carbons (Fsp3) is 0.375. The lowest BCUT2D eigenvalue weighted by atomic mass is 10.1. The van der Waals surface area contributed by atoms with Crippen LogP contribution >= 0.6 is 12.4 Å². The number of hydrogen-bond donors (Lipinski definition) is 2. The van der Waals surface area contributed by atoms with Crippen molar-refractivity contribution in [3.63, 3.8) is 0 Å². The molecule has 22 heavy (non-hydrogen) atoms. The number of benzene rings is 1. The maximum absolute atomic E-state index is 12.4. The topological polar surface area (TPSA) is 72.9 Å². The molecule has 0 aliphatic heterocycles. The van der Waals surface area contributed by atoms with E-state index in [4.69, 9.17) is 5.73 Å². The Morgan fingerprint density at radius 1 is 1.27 bits per heavy atom. The van der Waals surface area contributed by atoms with Gasteiger partial charge >= 0.3 is 0 Å². The van der Waals surface area contributed by atoms with E-state index in [1.165, 1.54) is 0 Å². The standard InChI is InChI=1S/C16H22N4O.ClH/c1-11-14(15(21)18-10-16(3,4)17)12(2)20(19-11)13-8-6-5-7-9-13;/h5-9H,10,17H2,1-4H3,(H,18,21);1H. The second-order valence-electron chi connectivity index (χ2n) is 5.96. The van der Waals surface area contributed by atoms with Gasteiger partial charge in [0.1, 0.15) is 0 Å². The van der Waals surface area contributed by atoms with Gasteiger partial charge in [-0.15, -0.1) is 12.4 Å². The zero-order valence-corrected chi connectivity index (χ0v) is 14.2. The van der Waals surface area contributed by atoms with Crippen molar-refractivity contribution in [1.82, 2.24) is 15.1 Å². The van der Waals surface area contributed by atoms with E-state index in [1.807, 2.05) is 58.0 Å². The number of amides is 1. The third-order valence-electron chi connectivity index (χ3n) is 3.22. The van der Waals surface area contributed by atoms with Crippen LogP contribution in [-0.2, 0) is 0 Å². The van der Waals surface area contributed by atoms with Crippen LogP contribution in [0, 0.1) is 13.8 Å². The van der Waals surface area contributed by atoms with Crippen LogP contribution in [0.2, 0.25) is 0 Å². The Labute approximate surface area is 137 Å². The molecular weight excluding hydrogens is 300 g/mol. The first kappa shape index (κ1) is 18.2. The summed E-state index contributed by atoms with van der Waals surface area (Å²) < 4.78 is 1.79. The fourth-order valence-electron chi connectivity index (χ4n) is 2.19. The van der Waals surface area contributed by atoms with Crippen molar-refractivity contribution in [3.8, 4) is 5.69 Å². The van der Waals surface area contributed by atoms with Gasteiger partial charge in [0.2, 0.25) is 0 Å². The minimum absolute atomic E-state index is 0. The minimum atomic E-state index is -0.438. The minimum Gasteiger partial charge on any atom is -0.350 e. The molecule has 1 heterocycles. The number of hydrogen-bond acceptors (Lipinski definition) is 3. The largest absolute Gasteiger partial charge is 0.350 e. The fourth-order valence-corrected chi connectivity index (χ4v) is 2.19. The quantitative estimate of drug-likeness (QED) is 0.907. The molecule has 1 amide bonds. The molecule has 1 aromatic heterocycles. The van der Waals surface area contributed by atoms with E-state index in [0.717, 1.165) is 11.4 Å². The zero-order valence-electron chi connectivity index (χ0n) is 13.4. The van der Waals surface area contributed by atoms with Crippen LogP contribution in [0.3, 0.4) is 0 Å². The molecule has 1 aromatic carbocycles. The van der Waals surface area contributed by atoms with Gasteiger partial charge in [0.15, 0.2) is 0 Å². The molecule has 0 unspecified atom stereocenters. The second kappa shape index (κ2) is 6.94. The number of para-hydroxylation sites is 1. The third-order valence-corrected chi connectivity index (χ3v) is 3.22. The third kappa shape index (κ3) is 4.08. The predicted octanol–water partition coefficient (Wildman–Crippen LogP) is 2.38. The second-order valence-corrected chi connectivity index (χ2v) is 5.96. The number of nitrogens with one attached hydrogen (secondary N) is 1. The van der Waals surface area contributed by atoms with Crippen LogP contribution in [0.15, 0.2) is 30.3 Å². The Hall–Kier alpha value is -1.85. The van der Waals surface area contributed by atoms with Gasteiger partial charge in [0, 0.05) is 12.1 Å². The smallest absolute Gasteiger partial charge is 0.255 e. The van der Waals surface area contributed by atoms with Gasteiger partial charge in [-0.1, -0.05) is 18.2 Å². The summed E-state index contributed by atoms with van der Waals surface area (Å²) in [5, 5.41) is 7.34. The highest BCUT2D eigenvalue weighted by molar-refractivity contribution is 5.96. The first-order chi connectivity index (χ1) is 9.79. The zero-order chi connectivity index (χ0) is 15.6. The molecule has 0 saturated carbocycles. The number of halogens is 1. The van der Waals surface area contributed by atoms with Crippen molar-refractivity contribution >= 4 is 18.3 Å². The Kier molecular flexibility index (Phi) is 5.74. The molecule has 5 nitrogen and oxygen atoms in total. The van der Waals surface area contributed by atoms with E-state index >= 15 is 0 Å². The molecular formula is C16H23ClN4O. The summed E-state index contributed by atoms with van der Waals surface area (Å²) in [6.07, 6.45) is 0. The predicted molar refractivity (Wildman–Crippen MR) is 90.9 cm³/mol. The summed E-state index contributed by atoms with van der Waals surface area (Å²) in [5.74, 6) is -0.134. The molecule has 0 fully saturated rings. The van der Waals surface area contributed by atoms with Crippen LogP contribution < -0.4 is 11.1 Å². The number of carbonyl (C=O) groups is 1. The van der Waals surface area contributed by atoms with Crippen LogP contribution in [0.25, 0.3) is 5.69 Å². The average molecular weight is 323 g/mol. The number of aryl methyl sites for hydroxylation is 1. The molecule has 0 aliphatic carbocycles. The van der Waals surface area contributed by atoms with E-state index < -0.39 is 5.54 Å². The molecule has 2 aromatic rings. The van der Waals surface area contributed by atoms with Crippen LogP contribution in [0.1, 0.15) is 35.6 Å². The van der Waals surface area contributed by atoms with Gasteiger partial charge in [-0.25, -0.2) is 4.68 Å².